The van der Waals surface area contributed by atoms with Crippen molar-refractivity contribution in [1.82, 2.24) is 0 Å². The van der Waals surface area contributed by atoms with Crippen LogP contribution in [0.3, 0.4) is 0 Å². The molecule has 12 heavy (non-hydrogen) atoms. The van der Waals surface area contributed by atoms with E-state index in [1.165, 1.54) is 12.0 Å². The van der Waals surface area contributed by atoms with Crippen molar-refractivity contribution >= 4 is 13.3 Å². The molecule has 0 saturated heterocycles. The van der Waals surface area contributed by atoms with Crippen molar-refractivity contribution < 1.29 is 0 Å². The number of benzene rings is 1. The lowest BCUT2D eigenvalue weighted by atomic mass is 9.91. The average Bonchev–Trinajstić information content (AvgIpc) is 2.04. The Labute approximate surface area is 76.4 Å². The summed E-state index contributed by atoms with van der Waals surface area (Å²) in [5.74, 6) is 0.756. The predicted octanol–water partition coefficient (Wildman–Crippen LogP) is 2.07. The molecule has 0 fully saturated rings. The molecule has 0 nitrogen and oxygen atoms in total. The Morgan fingerprint density at radius 1 is 1.42 bits per heavy atom. The summed E-state index contributed by atoms with van der Waals surface area (Å²) in [6.45, 7) is 4.49. The van der Waals surface area contributed by atoms with E-state index in [1.807, 2.05) is 12.1 Å². The summed E-state index contributed by atoms with van der Waals surface area (Å²) in [5.41, 5.74) is 2.22. The first kappa shape index (κ1) is 9.37. The van der Waals surface area contributed by atoms with E-state index in [-0.39, 0.29) is 0 Å². The minimum absolute atomic E-state index is 0.756. The lowest BCUT2D eigenvalue weighted by Crippen LogP contribution is -2.05. The third kappa shape index (κ3) is 2.73. The SMILES string of the molecule is [B]c1cccc(CC(C)CC)c1. The van der Waals surface area contributed by atoms with Crippen molar-refractivity contribution in [3.05, 3.63) is 29.8 Å². The summed E-state index contributed by atoms with van der Waals surface area (Å²) in [4.78, 5) is 0. The van der Waals surface area contributed by atoms with E-state index >= 15 is 0 Å². The molecule has 0 spiro atoms. The van der Waals surface area contributed by atoms with Crippen molar-refractivity contribution in [2.45, 2.75) is 26.7 Å². The summed E-state index contributed by atoms with van der Waals surface area (Å²) >= 11 is 0. The average molecular weight is 158 g/mol. The predicted molar refractivity (Wildman–Crippen MR) is 55.0 cm³/mol. The molecule has 0 aliphatic carbocycles. The Morgan fingerprint density at radius 3 is 2.75 bits per heavy atom. The van der Waals surface area contributed by atoms with Gasteiger partial charge in [0.2, 0.25) is 0 Å². The van der Waals surface area contributed by atoms with Gasteiger partial charge in [0, 0.05) is 0 Å². The van der Waals surface area contributed by atoms with Crippen LogP contribution < -0.4 is 5.46 Å². The molecule has 0 aliphatic heterocycles. The second kappa shape index (κ2) is 4.35. The molecule has 62 valence electrons. The highest BCUT2D eigenvalue weighted by molar-refractivity contribution is 6.32. The van der Waals surface area contributed by atoms with Crippen LogP contribution in [0, 0.1) is 5.92 Å². The Hall–Kier alpha value is -0.715. The monoisotopic (exact) mass is 158 g/mol. The summed E-state index contributed by atoms with van der Waals surface area (Å²) in [6.07, 6.45) is 2.37. The largest absolute Gasteiger partial charge is 0.113 e. The van der Waals surface area contributed by atoms with Gasteiger partial charge >= 0.3 is 0 Å². The molecule has 1 rings (SSSR count). The van der Waals surface area contributed by atoms with Gasteiger partial charge in [-0.05, 0) is 17.9 Å². The van der Waals surface area contributed by atoms with Gasteiger partial charge in [-0.15, -0.1) is 0 Å². The Balaban J connectivity index is 2.63. The van der Waals surface area contributed by atoms with E-state index < -0.39 is 0 Å². The van der Waals surface area contributed by atoms with Gasteiger partial charge in [0.25, 0.3) is 0 Å². The van der Waals surface area contributed by atoms with E-state index in [1.54, 1.807) is 0 Å². The van der Waals surface area contributed by atoms with Crippen LogP contribution in [0.15, 0.2) is 24.3 Å². The normalized spacial score (nSPS) is 12.8. The van der Waals surface area contributed by atoms with Crippen LogP contribution >= 0.6 is 0 Å². The van der Waals surface area contributed by atoms with Crippen molar-refractivity contribution in [2.75, 3.05) is 0 Å². The molecule has 1 heteroatoms. The molecule has 0 amide bonds. The molecule has 2 radical (unpaired) electrons. The smallest absolute Gasteiger partial charge is 0.0964 e. The summed E-state index contributed by atoms with van der Waals surface area (Å²) in [5, 5.41) is 0. The van der Waals surface area contributed by atoms with E-state index in [2.05, 4.69) is 26.0 Å². The lowest BCUT2D eigenvalue weighted by molar-refractivity contribution is 0.560. The molecule has 0 bridgehead atoms. The van der Waals surface area contributed by atoms with Gasteiger partial charge in [0.05, 0.1) is 0 Å². The third-order valence-corrected chi connectivity index (χ3v) is 2.23. The molecule has 0 saturated carbocycles. The maximum absolute atomic E-state index is 5.68. The maximum atomic E-state index is 5.68. The lowest BCUT2D eigenvalue weighted by Gasteiger charge is -2.08. The van der Waals surface area contributed by atoms with Crippen LogP contribution in [0.5, 0.6) is 0 Å². The molecule has 1 unspecified atom stereocenters. The van der Waals surface area contributed by atoms with Crippen LogP contribution in [0.1, 0.15) is 25.8 Å². The number of rotatable bonds is 3. The Bertz CT molecular complexity index is 243. The summed E-state index contributed by atoms with van der Waals surface area (Å²) in [7, 11) is 5.68. The van der Waals surface area contributed by atoms with Crippen LogP contribution in [0.2, 0.25) is 0 Å². The first-order chi connectivity index (χ1) is 5.72. The van der Waals surface area contributed by atoms with Gasteiger partial charge in [-0.2, -0.15) is 0 Å². The Morgan fingerprint density at radius 2 is 2.17 bits per heavy atom. The first-order valence-electron chi connectivity index (χ1n) is 4.56. The van der Waals surface area contributed by atoms with Gasteiger partial charge in [-0.1, -0.05) is 50.0 Å². The van der Waals surface area contributed by atoms with E-state index in [9.17, 15) is 0 Å². The quantitative estimate of drug-likeness (QED) is 0.590. The van der Waals surface area contributed by atoms with Crippen molar-refractivity contribution in [3.8, 4) is 0 Å². The number of hydrogen-bond acceptors (Lipinski definition) is 0. The fraction of sp³-hybridized carbons (Fsp3) is 0.455. The minimum atomic E-state index is 0.756. The molecule has 1 aromatic carbocycles. The second-order valence-corrected chi connectivity index (χ2v) is 3.46. The molecule has 0 aliphatic rings. The maximum Gasteiger partial charge on any atom is 0.113 e. The van der Waals surface area contributed by atoms with Crippen LogP contribution in [-0.4, -0.2) is 7.85 Å². The van der Waals surface area contributed by atoms with Crippen LogP contribution in [0.25, 0.3) is 0 Å². The fourth-order valence-electron chi connectivity index (χ4n) is 1.27. The van der Waals surface area contributed by atoms with Gasteiger partial charge < -0.3 is 0 Å². The van der Waals surface area contributed by atoms with Crippen molar-refractivity contribution in [3.63, 3.8) is 0 Å². The van der Waals surface area contributed by atoms with E-state index in [0.717, 1.165) is 17.8 Å². The van der Waals surface area contributed by atoms with Crippen LogP contribution in [0.4, 0.5) is 0 Å². The van der Waals surface area contributed by atoms with Crippen molar-refractivity contribution in [1.29, 1.82) is 0 Å². The van der Waals surface area contributed by atoms with E-state index in [4.69, 9.17) is 7.85 Å². The van der Waals surface area contributed by atoms with Gasteiger partial charge in [0.1, 0.15) is 7.85 Å². The van der Waals surface area contributed by atoms with Crippen molar-refractivity contribution in [2.24, 2.45) is 5.92 Å². The molecule has 1 atom stereocenters. The zero-order chi connectivity index (χ0) is 8.97. The molecule has 0 aromatic heterocycles. The molecule has 0 N–H and O–H groups in total. The van der Waals surface area contributed by atoms with Gasteiger partial charge in [-0.3, -0.25) is 0 Å². The highest BCUT2D eigenvalue weighted by atomic mass is 14.0. The molecular weight excluding hydrogens is 143 g/mol. The standard InChI is InChI=1S/C11H15B/c1-3-9(2)7-10-5-4-6-11(12)8-10/h4-6,8-9H,3,7H2,1-2H3. The van der Waals surface area contributed by atoms with Crippen LogP contribution in [-0.2, 0) is 6.42 Å². The second-order valence-electron chi connectivity index (χ2n) is 3.46. The number of hydrogen-bond donors (Lipinski definition) is 0. The van der Waals surface area contributed by atoms with Gasteiger partial charge in [-0.25, -0.2) is 0 Å². The topological polar surface area (TPSA) is 0 Å². The molecular formula is C11H15B. The highest BCUT2D eigenvalue weighted by Crippen LogP contribution is 2.09. The fourth-order valence-corrected chi connectivity index (χ4v) is 1.27. The first-order valence-corrected chi connectivity index (χ1v) is 4.56. The zero-order valence-electron chi connectivity index (χ0n) is 7.88. The van der Waals surface area contributed by atoms with E-state index in [0.29, 0.717) is 0 Å². The third-order valence-electron chi connectivity index (χ3n) is 2.23. The summed E-state index contributed by atoms with van der Waals surface area (Å²) in [6, 6.07) is 8.15. The van der Waals surface area contributed by atoms with Gasteiger partial charge in [0.15, 0.2) is 0 Å². The molecule has 1 aromatic rings. The molecule has 0 heterocycles. The minimum Gasteiger partial charge on any atom is -0.0964 e. The summed E-state index contributed by atoms with van der Waals surface area (Å²) < 4.78 is 0. The zero-order valence-corrected chi connectivity index (χ0v) is 7.88. The Kier molecular flexibility index (Phi) is 3.39. The highest BCUT2D eigenvalue weighted by Gasteiger charge is 1.99.